The van der Waals surface area contributed by atoms with E-state index in [4.69, 9.17) is 0 Å². The molecule has 0 saturated heterocycles. The van der Waals surface area contributed by atoms with Gasteiger partial charge >= 0.3 is 0 Å². The number of carbonyl (C=O) groups excluding carboxylic acids is 1. The van der Waals surface area contributed by atoms with Crippen LogP contribution in [0.1, 0.15) is 26.2 Å². The molecule has 0 heterocycles. The highest BCUT2D eigenvalue weighted by atomic mass is 16.1. The summed E-state index contributed by atoms with van der Waals surface area (Å²) in [6, 6.07) is 0. The predicted octanol–water partition coefficient (Wildman–Crippen LogP) is 1.22. The van der Waals surface area contributed by atoms with Crippen molar-refractivity contribution in [2.75, 3.05) is 0 Å². The lowest BCUT2D eigenvalue weighted by Gasteiger charge is -1.89. The molecule has 1 nitrogen and oxygen atoms in total. The number of rotatable bonds is 5. The van der Waals surface area contributed by atoms with Gasteiger partial charge in [0.1, 0.15) is 0 Å². The first-order valence-corrected chi connectivity index (χ1v) is 3.35. The van der Waals surface area contributed by atoms with Gasteiger partial charge in [-0.15, -0.1) is 0 Å². The van der Waals surface area contributed by atoms with Gasteiger partial charge in [-0.2, -0.15) is 0 Å². The number of hydrogen-bond acceptors (Lipinski definition) is 1. The molecule has 0 aromatic carbocycles. The lowest BCUT2D eigenvalue weighted by atomic mass is 9.75. The molecular weight excluding hydrogens is 98.9 g/mol. The Morgan fingerprint density at radius 1 is 1.50 bits per heavy atom. The lowest BCUT2D eigenvalue weighted by Crippen LogP contribution is -1.88. The molecule has 0 saturated carbocycles. The van der Waals surface area contributed by atoms with Crippen molar-refractivity contribution >= 4 is 13.5 Å². The summed E-state index contributed by atoms with van der Waals surface area (Å²) in [5.74, 6) is 0. The fourth-order valence-electron chi connectivity index (χ4n) is 0.654. The van der Waals surface area contributed by atoms with E-state index >= 15 is 0 Å². The van der Waals surface area contributed by atoms with E-state index in [0.29, 0.717) is 0 Å². The molecule has 8 heavy (non-hydrogen) atoms. The van der Waals surface area contributed by atoms with Crippen molar-refractivity contribution in [2.24, 2.45) is 0 Å². The molecule has 0 amide bonds. The van der Waals surface area contributed by atoms with Gasteiger partial charge in [0.15, 0.2) is 0 Å². The van der Waals surface area contributed by atoms with Crippen LogP contribution in [0.4, 0.5) is 0 Å². The van der Waals surface area contributed by atoms with Gasteiger partial charge in [0.2, 0.25) is 7.28 Å². The summed E-state index contributed by atoms with van der Waals surface area (Å²) in [5, 5.41) is 0. The van der Waals surface area contributed by atoms with Crippen molar-refractivity contribution in [3.8, 4) is 0 Å². The SMILES string of the molecule is CCCCCBC=O. The number of carbonyl (C=O) groups is 1. The molecular formula is C6H13BO. The van der Waals surface area contributed by atoms with Gasteiger partial charge in [0.25, 0.3) is 0 Å². The zero-order valence-corrected chi connectivity index (χ0v) is 5.52. The Labute approximate surface area is 51.7 Å². The minimum atomic E-state index is 0.750. The number of hydrogen-bond donors (Lipinski definition) is 0. The van der Waals surface area contributed by atoms with Crippen LogP contribution in [0.5, 0.6) is 0 Å². The summed E-state index contributed by atoms with van der Waals surface area (Å²) in [5.41, 5.74) is 0. The lowest BCUT2D eigenvalue weighted by molar-refractivity contribution is 0.568. The molecule has 2 heteroatoms. The maximum atomic E-state index is 9.77. The molecule has 0 unspecified atom stereocenters. The molecule has 0 spiro atoms. The largest absolute Gasteiger partial charge is 0.315 e. The van der Waals surface area contributed by atoms with E-state index in [1.165, 1.54) is 19.3 Å². The van der Waals surface area contributed by atoms with Crippen molar-refractivity contribution in [3.63, 3.8) is 0 Å². The second-order valence-electron chi connectivity index (χ2n) is 2.02. The Balaban J connectivity index is 2.62. The molecule has 0 aliphatic carbocycles. The maximum absolute atomic E-state index is 9.77. The summed E-state index contributed by atoms with van der Waals surface area (Å²) in [6.45, 7) is 2.17. The maximum Gasteiger partial charge on any atom is 0.200 e. The fraction of sp³-hybridized carbons (Fsp3) is 0.833. The summed E-state index contributed by atoms with van der Waals surface area (Å²) in [7, 11) is 0.750. The van der Waals surface area contributed by atoms with Crippen LogP contribution in [0.3, 0.4) is 0 Å². The van der Waals surface area contributed by atoms with Crippen molar-refractivity contribution in [1.82, 2.24) is 0 Å². The van der Waals surface area contributed by atoms with E-state index in [1.54, 1.807) is 0 Å². The summed E-state index contributed by atoms with van der Waals surface area (Å²) < 4.78 is 0. The quantitative estimate of drug-likeness (QED) is 0.297. The van der Waals surface area contributed by atoms with Gasteiger partial charge in [0, 0.05) is 0 Å². The van der Waals surface area contributed by atoms with E-state index in [2.05, 4.69) is 6.92 Å². The summed E-state index contributed by atoms with van der Waals surface area (Å²) >= 11 is 0. The minimum Gasteiger partial charge on any atom is -0.315 e. The Kier molecular flexibility index (Phi) is 6.51. The van der Waals surface area contributed by atoms with Gasteiger partial charge in [-0.1, -0.05) is 32.5 Å². The zero-order chi connectivity index (χ0) is 6.24. The molecule has 0 N–H and O–H groups in total. The number of unbranched alkanes of at least 4 members (excludes halogenated alkanes) is 2. The highest BCUT2D eigenvalue weighted by molar-refractivity contribution is 6.66. The normalized spacial score (nSPS) is 8.62. The first-order valence-electron chi connectivity index (χ1n) is 3.35. The fourth-order valence-corrected chi connectivity index (χ4v) is 0.654. The Bertz CT molecular complexity index is 54.5. The Hall–Kier alpha value is -0.265. The first-order chi connectivity index (χ1) is 3.91. The van der Waals surface area contributed by atoms with Crippen molar-refractivity contribution in [1.29, 1.82) is 0 Å². The van der Waals surface area contributed by atoms with Crippen LogP contribution in [0, 0.1) is 0 Å². The molecule has 0 atom stereocenters. The van der Waals surface area contributed by atoms with Crippen LogP contribution >= 0.6 is 0 Å². The molecule has 0 aromatic heterocycles. The predicted molar refractivity (Wildman–Crippen MR) is 38.2 cm³/mol. The van der Waals surface area contributed by atoms with Crippen LogP contribution in [-0.4, -0.2) is 13.5 Å². The molecule has 0 aliphatic rings. The molecule has 46 valence electrons. The van der Waals surface area contributed by atoms with Crippen LogP contribution in [0.25, 0.3) is 0 Å². The van der Waals surface area contributed by atoms with E-state index < -0.39 is 0 Å². The van der Waals surface area contributed by atoms with Crippen molar-refractivity contribution < 1.29 is 4.79 Å². The Morgan fingerprint density at radius 2 is 2.25 bits per heavy atom. The molecule has 0 radical (unpaired) electrons. The third-order valence-corrected chi connectivity index (χ3v) is 1.18. The molecule has 0 bridgehead atoms. The van der Waals surface area contributed by atoms with E-state index in [-0.39, 0.29) is 0 Å². The second-order valence-corrected chi connectivity index (χ2v) is 2.02. The van der Waals surface area contributed by atoms with Gasteiger partial charge in [-0.3, -0.25) is 0 Å². The van der Waals surface area contributed by atoms with Gasteiger partial charge in [-0.25, -0.2) is 0 Å². The van der Waals surface area contributed by atoms with Gasteiger partial charge < -0.3 is 4.79 Å². The first kappa shape index (κ1) is 7.73. The second kappa shape index (κ2) is 6.73. The molecule has 0 aromatic rings. The van der Waals surface area contributed by atoms with Crippen molar-refractivity contribution in [3.05, 3.63) is 0 Å². The van der Waals surface area contributed by atoms with Crippen molar-refractivity contribution in [2.45, 2.75) is 32.5 Å². The molecule has 0 aliphatic heterocycles. The van der Waals surface area contributed by atoms with Crippen LogP contribution < -0.4 is 0 Å². The van der Waals surface area contributed by atoms with E-state index in [9.17, 15) is 4.79 Å². The average molecular weight is 112 g/mol. The summed E-state index contributed by atoms with van der Waals surface area (Å²) in [6.07, 6.45) is 5.81. The molecule has 0 fully saturated rings. The zero-order valence-electron chi connectivity index (χ0n) is 5.52. The van der Waals surface area contributed by atoms with E-state index in [1.807, 2.05) is 0 Å². The monoisotopic (exact) mass is 112 g/mol. The Morgan fingerprint density at radius 3 is 2.75 bits per heavy atom. The van der Waals surface area contributed by atoms with Crippen LogP contribution in [0.2, 0.25) is 6.32 Å². The highest BCUT2D eigenvalue weighted by Gasteiger charge is 1.86. The smallest absolute Gasteiger partial charge is 0.200 e. The highest BCUT2D eigenvalue weighted by Crippen LogP contribution is 1.96. The topological polar surface area (TPSA) is 17.1 Å². The molecule has 0 rings (SSSR count). The third kappa shape index (κ3) is 5.73. The van der Waals surface area contributed by atoms with E-state index in [0.717, 1.165) is 19.8 Å². The van der Waals surface area contributed by atoms with Crippen LogP contribution in [0.15, 0.2) is 0 Å². The average Bonchev–Trinajstić information content (AvgIpc) is 1.81. The standard InChI is InChI=1S/C6H13BO/c1-2-3-4-5-7-6-8/h6-7H,2-5H2,1H3. The van der Waals surface area contributed by atoms with Gasteiger partial charge in [-0.05, 0) is 0 Å². The summed E-state index contributed by atoms with van der Waals surface area (Å²) in [4.78, 5) is 9.77. The van der Waals surface area contributed by atoms with Crippen LogP contribution in [-0.2, 0) is 4.79 Å². The van der Waals surface area contributed by atoms with Gasteiger partial charge in [0.05, 0.1) is 6.19 Å². The minimum absolute atomic E-state index is 0.750. The third-order valence-electron chi connectivity index (χ3n) is 1.18.